The van der Waals surface area contributed by atoms with Crippen LogP contribution in [0.2, 0.25) is 10.0 Å². The lowest BCUT2D eigenvalue weighted by atomic mass is 10.2. The number of ether oxygens (including phenoxy) is 2. The molecule has 0 atom stereocenters. The Morgan fingerprint density at radius 3 is 2.10 bits per heavy atom. The average Bonchev–Trinajstić information content (AvgIpc) is 3.18. The summed E-state index contributed by atoms with van der Waals surface area (Å²) in [5.41, 5.74) is 3.87. The molecule has 3 rings (SSSR count). The lowest BCUT2D eigenvalue weighted by molar-refractivity contribution is 0.373. The quantitative estimate of drug-likeness (QED) is 0.372. The number of aromatic hydroxyl groups is 2. The maximum Gasteiger partial charge on any atom is 0.265 e. The van der Waals surface area contributed by atoms with Crippen molar-refractivity contribution in [2.45, 2.75) is 0 Å². The van der Waals surface area contributed by atoms with Crippen LogP contribution in [-0.2, 0) is 0 Å². The number of halogens is 2. The van der Waals surface area contributed by atoms with Crippen LogP contribution in [0.25, 0.3) is 0 Å². The standard InChI is InChI=1S/C18H16Cl2N6O4/c1-29-14-5-10(3-12(19)16(14)27)7-21-24-18-25-22-9-26(18)23-8-11-4-13(20)17(28)15(6-11)30-2/h3-9,27-28H,1-2H3,(H,24,25)/b21-7+,23-8-. The molecule has 0 aliphatic heterocycles. The number of rotatable bonds is 7. The van der Waals surface area contributed by atoms with Crippen LogP contribution in [0.1, 0.15) is 11.1 Å². The van der Waals surface area contributed by atoms with Crippen LogP contribution in [0, 0.1) is 0 Å². The van der Waals surface area contributed by atoms with Gasteiger partial charge in [0.15, 0.2) is 23.0 Å². The van der Waals surface area contributed by atoms with E-state index in [-0.39, 0.29) is 39.0 Å². The molecule has 0 aliphatic carbocycles. The van der Waals surface area contributed by atoms with E-state index in [1.807, 2.05) is 0 Å². The molecule has 1 heterocycles. The van der Waals surface area contributed by atoms with Crippen LogP contribution < -0.4 is 14.9 Å². The maximum atomic E-state index is 9.79. The Hall–Kier alpha value is -3.50. The smallest absolute Gasteiger partial charge is 0.265 e. The molecule has 0 unspecified atom stereocenters. The molecule has 3 N–H and O–H groups in total. The van der Waals surface area contributed by atoms with Crippen LogP contribution in [-0.4, -0.2) is 51.7 Å². The topological polar surface area (TPSA) is 126 Å². The third kappa shape index (κ3) is 4.73. The van der Waals surface area contributed by atoms with E-state index in [1.165, 1.54) is 49.8 Å². The van der Waals surface area contributed by atoms with Gasteiger partial charge >= 0.3 is 0 Å². The van der Waals surface area contributed by atoms with Gasteiger partial charge in [-0.05, 0) is 35.4 Å². The summed E-state index contributed by atoms with van der Waals surface area (Å²) < 4.78 is 11.5. The number of phenolic OH excluding ortho intramolecular Hbond substituents is 2. The number of hydrogen-bond donors (Lipinski definition) is 3. The average molecular weight is 451 g/mol. The number of benzene rings is 2. The molecule has 0 bridgehead atoms. The minimum absolute atomic E-state index is 0.130. The van der Waals surface area contributed by atoms with Crippen LogP contribution in [0.3, 0.4) is 0 Å². The summed E-state index contributed by atoms with van der Waals surface area (Å²) >= 11 is 11.9. The Morgan fingerprint density at radius 1 is 0.967 bits per heavy atom. The second kappa shape index (κ2) is 9.33. The third-order valence-corrected chi connectivity index (χ3v) is 4.36. The van der Waals surface area contributed by atoms with E-state index >= 15 is 0 Å². The zero-order chi connectivity index (χ0) is 21.7. The summed E-state index contributed by atoms with van der Waals surface area (Å²) in [6, 6.07) is 6.19. The molecule has 0 saturated heterocycles. The third-order valence-electron chi connectivity index (χ3n) is 3.78. The lowest BCUT2D eigenvalue weighted by Crippen LogP contribution is -1.99. The molecule has 0 spiro atoms. The Kier molecular flexibility index (Phi) is 6.60. The first-order valence-corrected chi connectivity index (χ1v) is 9.05. The van der Waals surface area contributed by atoms with Gasteiger partial charge in [0.2, 0.25) is 0 Å². The first-order chi connectivity index (χ1) is 14.4. The van der Waals surface area contributed by atoms with Gasteiger partial charge in [-0.3, -0.25) is 0 Å². The molecule has 12 heteroatoms. The molecule has 0 aliphatic rings. The largest absolute Gasteiger partial charge is 0.503 e. The van der Waals surface area contributed by atoms with Crippen LogP contribution in [0.4, 0.5) is 5.95 Å². The number of methoxy groups -OCH3 is 2. The van der Waals surface area contributed by atoms with Gasteiger partial charge in [0.25, 0.3) is 5.95 Å². The maximum absolute atomic E-state index is 9.79. The van der Waals surface area contributed by atoms with Gasteiger partial charge in [-0.25, -0.2) is 5.43 Å². The van der Waals surface area contributed by atoms with E-state index in [0.717, 1.165) is 0 Å². The minimum Gasteiger partial charge on any atom is -0.503 e. The van der Waals surface area contributed by atoms with Gasteiger partial charge in [0, 0.05) is 0 Å². The monoisotopic (exact) mass is 450 g/mol. The fourth-order valence-electron chi connectivity index (χ4n) is 2.33. The highest BCUT2D eigenvalue weighted by atomic mass is 35.5. The number of phenols is 2. The van der Waals surface area contributed by atoms with Gasteiger partial charge in [-0.1, -0.05) is 23.2 Å². The SMILES string of the molecule is COc1cc(/C=N\n2cnnc2N/N=C/c2cc(Cl)c(O)c(OC)c2)cc(Cl)c1O. The second-order valence-corrected chi connectivity index (χ2v) is 6.54. The Bertz CT molecular complexity index is 1120. The minimum atomic E-state index is -0.150. The van der Waals surface area contributed by atoms with Crippen molar-refractivity contribution in [1.82, 2.24) is 14.9 Å². The van der Waals surface area contributed by atoms with Crippen molar-refractivity contribution in [3.63, 3.8) is 0 Å². The van der Waals surface area contributed by atoms with Gasteiger partial charge in [-0.15, -0.1) is 10.2 Å². The van der Waals surface area contributed by atoms with Crippen LogP contribution in [0.15, 0.2) is 40.8 Å². The molecule has 0 saturated carbocycles. The molecule has 30 heavy (non-hydrogen) atoms. The molecule has 10 nitrogen and oxygen atoms in total. The summed E-state index contributed by atoms with van der Waals surface area (Å²) in [5, 5.41) is 35.8. The molecule has 0 radical (unpaired) electrons. The van der Waals surface area contributed by atoms with Crippen molar-refractivity contribution in [2.75, 3.05) is 19.6 Å². The number of hydrogen-bond acceptors (Lipinski definition) is 9. The first kappa shape index (κ1) is 21.2. The summed E-state index contributed by atoms with van der Waals surface area (Å²) in [4.78, 5) is 0. The Labute approximate surface area is 181 Å². The number of nitrogens with zero attached hydrogens (tertiary/aromatic N) is 5. The van der Waals surface area contributed by atoms with E-state index in [1.54, 1.807) is 12.1 Å². The predicted molar refractivity (Wildman–Crippen MR) is 114 cm³/mol. The van der Waals surface area contributed by atoms with Crippen molar-refractivity contribution in [3.05, 3.63) is 51.8 Å². The highest BCUT2D eigenvalue weighted by molar-refractivity contribution is 6.32. The Morgan fingerprint density at radius 2 is 1.53 bits per heavy atom. The normalized spacial score (nSPS) is 11.3. The lowest BCUT2D eigenvalue weighted by Gasteiger charge is -2.06. The number of hydrazone groups is 1. The molecule has 0 amide bonds. The highest BCUT2D eigenvalue weighted by Crippen LogP contribution is 2.35. The summed E-state index contributed by atoms with van der Waals surface area (Å²) in [7, 11) is 2.84. The van der Waals surface area contributed by atoms with E-state index < -0.39 is 0 Å². The molecule has 1 aromatic heterocycles. The van der Waals surface area contributed by atoms with Gasteiger partial charge in [-0.2, -0.15) is 14.9 Å². The molecule has 2 aromatic carbocycles. The van der Waals surface area contributed by atoms with Crippen LogP contribution >= 0.6 is 23.2 Å². The van der Waals surface area contributed by atoms with Crippen molar-refractivity contribution in [2.24, 2.45) is 10.2 Å². The van der Waals surface area contributed by atoms with Crippen molar-refractivity contribution >= 4 is 41.6 Å². The van der Waals surface area contributed by atoms with E-state index in [0.29, 0.717) is 11.1 Å². The van der Waals surface area contributed by atoms with E-state index in [9.17, 15) is 10.2 Å². The Balaban J connectivity index is 1.75. The fraction of sp³-hybridized carbons (Fsp3) is 0.111. The summed E-state index contributed by atoms with van der Waals surface area (Å²) in [6.07, 6.45) is 4.31. The number of aromatic nitrogens is 3. The van der Waals surface area contributed by atoms with E-state index in [2.05, 4.69) is 25.8 Å². The molecular formula is C18H16Cl2N6O4. The zero-order valence-electron chi connectivity index (χ0n) is 15.7. The highest BCUT2D eigenvalue weighted by Gasteiger charge is 2.09. The molecular weight excluding hydrogens is 435 g/mol. The van der Waals surface area contributed by atoms with Gasteiger partial charge in [0.05, 0.1) is 36.7 Å². The van der Waals surface area contributed by atoms with Crippen molar-refractivity contribution in [3.8, 4) is 23.0 Å². The van der Waals surface area contributed by atoms with Crippen molar-refractivity contribution in [1.29, 1.82) is 0 Å². The van der Waals surface area contributed by atoms with E-state index in [4.69, 9.17) is 32.7 Å². The fourth-order valence-corrected chi connectivity index (χ4v) is 2.77. The molecule has 0 fully saturated rings. The van der Waals surface area contributed by atoms with Gasteiger partial charge < -0.3 is 19.7 Å². The predicted octanol–water partition coefficient (Wildman–Crippen LogP) is 3.34. The number of anilines is 1. The van der Waals surface area contributed by atoms with Gasteiger partial charge in [0.1, 0.15) is 6.33 Å². The first-order valence-electron chi connectivity index (χ1n) is 8.29. The van der Waals surface area contributed by atoms with Crippen LogP contribution in [0.5, 0.6) is 23.0 Å². The molecule has 3 aromatic rings. The second-order valence-electron chi connectivity index (χ2n) is 5.72. The van der Waals surface area contributed by atoms with Crippen molar-refractivity contribution < 1.29 is 19.7 Å². The molecule has 156 valence electrons. The zero-order valence-corrected chi connectivity index (χ0v) is 17.3. The number of nitrogens with one attached hydrogen (secondary N) is 1. The summed E-state index contributed by atoms with van der Waals surface area (Å²) in [6.45, 7) is 0. The summed E-state index contributed by atoms with van der Waals surface area (Å²) in [5.74, 6) is 0.377.